The number of nitrogens with zero attached hydrogens (tertiary/aromatic N) is 1. The van der Waals surface area contributed by atoms with Crippen LogP contribution in [0.3, 0.4) is 0 Å². The zero-order chi connectivity index (χ0) is 13.8. The first-order valence-corrected chi connectivity index (χ1v) is 9.34. The molecule has 20 heavy (non-hydrogen) atoms. The smallest absolute Gasteiger partial charge is 0.0195 e. The molecule has 2 unspecified atom stereocenters. The molecule has 2 aliphatic carbocycles. The normalized spacial score (nSPS) is 31.4. The number of hydrogen-bond donors (Lipinski definition) is 1. The maximum atomic E-state index is 3.91. The van der Waals surface area contributed by atoms with Crippen LogP contribution in [0.2, 0.25) is 0 Å². The molecule has 0 radical (unpaired) electrons. The van der Waals surface area contributed by atoms with Crippen molar-refractivity contribution in [1.29, 1.82) is 0 Å². The van der Waals surface area contributed by atoms with Crippen molar-refractivity contribution >= 4 is 0 Å². The summed E-state index contributed by atoms with van der Waals surface area (Å²) < 4.78 is 0. The third kappa shape index (κ3) is 3.57. The van der Waals surface area contributed by atoms with Gasteiger partial charge in [0, 0.05) is 18.6 Å². The lowest BCUT2D eigenvalue weighted by Gasteiger charge is -2.44. The van der Waals surface area contributed by atoms with Crippen LogP contribution in [0.4, 0.5) is 0 Å². The highest BCUT2D eigenvalue weighted by Gasteiger charge is 2.33. The molecule has 2 atom stereocenters. The number of piperidine rings is 1. The molecule has 0 aromatic carbocycles. The molecule has 2 saturated carbocycles. The fourth-order valence-electron chi connectivity index (χ4n) is 4.74. The predicted octanol–water partition coefficient (Wildman–Crippen LogP) is 3.81. The minimum absolute atomic E-state index is 0.776. The minimum Gasteiger partial charge on any atom is -0.312 e. The molecule has 116 valence electrons. The second-order valence-corrected chi connectivity index (χ2v) is 7.56. The van der Waals surface area contributed by atoms with Gasteiger partial charge in [0.2, 0.25) is 0 Å². The van der Waals surface area contributed by atoms with Gasteiger partial charge in [-0.25, -0.2) is 0 Å². The molecule has 1 heterocycles. The van der Waals surface area contributed by atoms with Gasteiger partial charge in [-0.2, -0.15) is 0 Å². The molecule has 3 rings (SSSR count). The van der Waals surface area contributed by atoms with Crippen molar-refractivity contribution in [2.75, 3.05) is 19.6 Å². The summed E-state index contributed by atoms with van der Waals surface area (Å²) in [7, 11) is 0. The van der Waals surface area contributed by atoms with Crippen LogP contribution in [0.5, 0.6) is 0 Å². The molecule has 3 fully saturated rings. The van der Waals surface area contributed by atoms with Gasteiger partial charge in [-0.15, -0.1) is 0 Å². The Bertz CT molecular complexity index is 281. The second kappa shape index (κ2) is 7.26. The lowest BCUT2D eigenvalue weighted by Crippen LogP contribution is -2.52. The molecular weight excluding hydrogens is 244 g/mol. The Balaban J connectivity index is 1.45. The Morgan fingerprint density at radius 2 is 1.80 bits per heavy atom. The Hall–Kier alpha value is -0.0800. The average Bonchev–Trinajstić information content (AvgIpc) is 2.94. The summed E-state index contributed by atoms with van der Waals surface area (Å²) in [5, 5.41) is 3.91. The van der Waals surface area contributed by atoms with E-state index in [1.54, 1.807) is 0 Å². The van der Waals surface area contributed by atoms with Gasteiger partial charge in [-0.3, -0.25) is 4.90 Å². The van der Waals surface area contributed by atoms with E-state index >= 15 is 0 Å². The van der Waals surface area contributed by atoms with E-state index < -0.39 is 0 Å². The topological polar surface area (TPSA) is 15.3 Å². The van der Waals surface area contributed by atoms with Crippen LogP contribution in [-0.4, -0.2) is 36.6 Å². The summed E-state index contributed by atoms with van der Waals surface area (Å²) in [5.74, 6) is 2.01. The van der Waals surface area contributed by atoms with Crippen molar-refractivity contribution in [3.8, 4) is 0 Å². The third-order valence-corrected chi connectivity index (χ3v) is 6.20. The summed E-state index contributed by atoms with van der Waals surface area (Å²) >= 11 is 0. The van der Waals surface area contributed by atoms with Crippen molar-refractivity contribution in [3.63, 3.8) is 0 Å². The predicted molar refractivity (Wildman–Crippen MR) is 86.0 cm³/mol. The summed E-state index contributed by atoms with van der Waals surface area (Å²) in [5.41, 5.74) is 0. The quantitative estimate of drug-likeness (QED) is 0.795. The van der Waals surface area contributed by atoms with Gasteiger partial charge in [0.05, 0.1) is 0 Å². The molecule has 0 spiro atoms. The molecule has 2 nitrogen and oxygen atoms in total. The van der Waals surface area contributed by atoms with Gasteiger partial charge in [-0.1, -0.05) is 26.2 Å². The van der Waals surface area contributed by atoms with Crippen LogP contribution >= 0.6 is 0 Å². The van der Waals surface area contributed by atoms with Gasteiger partial charge < -0.3 is 5.32 Å². The van der Waals surface area contributed by atoms with Crippen molar-refractivity contribution in [2.24, 2.45) is 11.8 Å². The van der Waals surface area contributed by atoms with E-state index in [0.29, 0.717) is 0 Å². The van der Waals surface area contributed by atoms with Crippen LogP contribution in [0.25, 0.3) is 0 Å². The van der Waals surface area contributed by atoms with E-state index in [4.69, 9.17) is 0 Å². The van der Waals surface area contributed by atoms with Gasteiger partial charge in [0.1, 0.15) is 0 Å². The van der Waals surface area contributed by atoms with Gasteiger partial charge >= 0.3 is 0 Å². The van der Waals surface area contributed by atoms with Crippen LogP contribution in [0.1, 0.15) is 71.1 Å². The fourth-order valence-corrected chi connectivity index (χ4v) is 4.74. The summed E-state index contributed by atoms with van der Waals surface area (Å²) in [6, 6.07) is 1.67. The number of rotatable bonds is 6. The fraction of sp³-hybridized carbons (Fsp3) is 1.00. The first-order valence-electron chi connectivity index (χ1n) is 9.34. The summed E-state index contributed by atoms with van der Waals surface area (Å²) in [6.07, 6.45) is 14.6. The first-order chi connectivity index (χ1) is 9.86. The minimum atomic E-state index is 0.776. The van der Waals surface area contributed by atoms with Crippen molar-refractivity contribution in [2.45, 2.75) is 83.2 Å². The second-order valence-electron chi connectivity index (χ2n) is 7.56. The van der Waals surface area contributed by atoms with E-state index in [0.717, 1.165) is 23.9 Å². The number of hydrogen-bond acceptors (Lipinski definition) is 2. The van der Waals surface area contributed by atoms with Crippen LogP contribution in [0.15, 0.2) is 0 Å². The maximum Gasteiger partial charge on any atom is 0.0195 e. The molecule has 1 aliphatic heterocycles. The molecule has 0 aromatic rings. The highest BCUT2D eigenvalue weighted by Crippen LogP contribution is 2.34. The Morgan fingerprint density at radius 3 is 2.45 bits per heavy atom. The lowest BCUT2D eigenvalue weighted by atomic mass is 9.77. The van der Waals surface area contributed by atoms with E-state index in [1.807, 2.05) is 0 Å². The van der Waals surface area contributed by atoms with Crippen molar-refractivity contribution in [3.05, 3.63) is 0 Å². The van der Waals surface area contributed by atoms with Crippen molar-refractivity contribution in [1.82, 2.24) is 10.2 Å². The lowest BCUT2D eigenvalue weighted by molar-refractivity contribution is 0.0622. The third-order valence-electron chi connectivity index (χ3n) is 6.20. The van der Waals surface area contributed by atoms with E-state index in [2.05, 4.69) is 17.1 Å². The van der Waals surface area contributed by atoms with Crippen molar-refractivity contribution < 1.29 is 0 Å². The van der Waals surface area contributed by atoms with Gasteiger partial charge in [-0.05, 0) is 69.9 Å². The van der Waals surface area contributed by atoms with Gasteiger partial charge in [0.25, 0.3) is 0 Å². The van der Waals surface area contributed by atoms with Gasteiger partial charge in [0.15, 0.2) is 0 Å². The highest BCUT2D eigenvalue weighted by molar-refractivity contribution is 4.89. The summed E-state index contributed by atoms with van der Waals surface area (Å²) in [6.45, 7) is 6.37. The zero-order valence-corrected chi connectivity index (χ0v) is 13.4. The van der Waals surface area contributed by atoms with E-state index in [9.17, 15) is 0 Å². The first kappa shape index (κ1) is 14.8. The van der Waals surface area contributed by atoms with E-state index in [1.165, 1.54) is 83.8 Å². The monoisotopic (exact) mass is 278 g/mol. The Labute approximate surface area is 125 Å². The molecular formula is C18H34N2. The molecule has 1 N–H and O–H groups in total. The number of nitrogens with one attached hydrogen (secondary N) is 1. The molecule has 0 amide bonds. The molecule has 0 bridgehead atoms. The largest absolute Gasteiger partial charge is 0.312 e. The Morgan fingerprint density at radius 1 is 1.00 bits per heavy atom. The van der Waals surface area contributed by atoms with E-state index in [-0.39, 0.29) is 0 Å². The number of likely N-dealkylation sites (tertiary alicyclic amines) is 1. The Kier molecular flexibility index (Phi) is 5.39. The average molecular weight is 278 g/mol. The molecule has 2 heteroatoms. The van der Waals surface area contributed by atoms with Crippen LogP contribution < -0.4 is 5.32 Å². The molecule has 3 aliphatic rings. The molecule has 1 saturated heterocycles. The maximum absolute atomic E-state index is 3.91. The zero-order valence-electron chi connectivity index (χ0n) is 13.4. The highest BCUT2D eigenvalue weighted by atomic mass is 15.2. The molecule has 0 aromatic heterocycles. The SMILES string of the molecule is CCC(C1CCC1)N1CCCC(NCC2CCCC2)C1. The summed E-state index contributed by atoms with van der Waals surface area (Å²) in [4.78, 5) is 2.83. The van der Waals surface area contributed by atoms with Crippen LogP contribution in [-0.2, 0) is 0 Å². The standard InChI is InChI=1S/C18H34N2/c1-2-18(16-9-5-10-16)20-12-6-11-17(14-20)19-13-15-7-3-4-8-15/h15-19H,2-14H2,1H3. The van der Waals surface area contributed by atoms with Crippen LogP contribution in [0, 0.1) is 11.8 Å².